The monoisotopic (exact) mass is 204 g/mol. The summed E-state index contributed by atoms with van der Waals surface area (Å²) in [7, 11) is 0. The molecule has 0 aliphatic carbocycles. The maximum absolute atomic E-state index is 12.7. The molecule has 4 heteroatoms. The van der Waals surface area contributed by atoms with Crippen molar-refractivity contribution < 1.29 is 14.6 Å². The topological polar surface area (TPSA) is 40.5 Å². The third-order valence-electron chi connectivity index (χ3n) is 1.71. The summed E-state index contributed by atoms with van der Waals surface area (Å²) < 4.78 is 12.7. The fourth-order valence-corrected chi connectivity index (χ4v) is 1.17. The van der Waals surface area contributed by atoms with Gasteiger partial charge in [-0.2, -0.15) is 0 Å². The highest BCUT2D eigenvalue weighted by Gasteiger charge is 2.17. The van der Waals surface area contributed by atoms with Gasteiger partial charge in [0, 0.05) is 0 Å². The summed E-state index contributed by atoms with van der Waals surface area (Å²) in [6.07, 6.45) is -2.20. The number of rotatable bonds is 3. The van der Waals surface area contributed by atoms with Crippen molar-refractivity contribution >= 4 is 11.6 Å². The molecule has 72 valence electrons. The molecule has 0 aromatic heterocycles. The fourth-order valence-electron chi connectivity index (χ4n) is 0.997. The Kier molecular flexibility index (Phi) is 3.66. The maximum atomic E-state index is 12.7. The molecule has 0 aliphatic rings. The molecule has 2 N–H and O–H groups in total. The van der Waals surface area contributed by atoms with Crippen LogP contribution in [-0.2, 0) is 0 Å². The normalized spacial score (nSPS) is 15.4. The summed E-state index contributed by atoms with van der Waals surface area (Å²) in [5.74, 6) is -0.532. The summed E-state index contributed by atoms with van der Waals surface area (Å²) in [5, 5.41) is 18.6. The van der Waals surface area contributed by atoms with Crippen molar-refractivity contribution in [2.75, 3.05) is 5.88 Å². The molecular formula is C9H10ClFO2. The van der Waals surface area contributed by atoms with Gasteiger partial charge in [-0.05, 0) is 17.7 Å². The largest absolute Gasteiger partial charge is 0.389 e. The lowest BCUT2D eigenvalue weighted by atomic mass is 10.1. The van der Waals surface area contributed by atoms with Crippen LogP contribution in [0.3, 0.4) is 0 Å². The molecule has 2 nitrogen and oxygen atoms in total. The van der Waals surface area contributed by atoms with E-state index in [0.717, 1.165) is 0 Å². The van der Waals surface area contributed by atoms with E-state index in [9.17, 15) is 9.50 Å². The average molecular weight is 205 g/mol. The molecule has 0 spiro atoms. The third-order valence-corrected chi connectivity index (χ3v) is 2.03. The first kappa shape index (κ1) is 10.4. The number of aliphatic hydroxyl groups excluding tert-OH is 2. The second kappa shape index (κ2) is 4.56. The molecule has 1 aromatic rings. The molecule has 0 saturated carbocycles. The van der Waals surface area contributed by atoms with E-state index in [1.807, 2.05) is 0 Å². The summed E-state index contributed by atoms with van der Waals surface area (Å²) in [5.41, 5.74) is 0.327. The lowest BCUT2D eigenvalue weighted by Gasteiger charge is -2.15. The highest BCUT2D eigenvalue weighted by atomic mass is 35.5. The Morgan fingerprint density at radius 2 is 2.08 bits per heavy atom. The average Bonchev–Trinajstić information content (AvgIpc) is 2.15. The molecule has 0 heterocycles. The Hall–Kier alpha value is -0.640. The molecule has 0 fully saturated rings. The second-order valence-corrected chi connectivity index (χ2v) is 3.03. The van der Waals surface area contributed by atoms with Crippen LogP contribution in [0.15, 0.2) is 24.3 Å². The van der Waals surface area contributed by atoms with Gasteiger partial charge in [-0.15, -0.1) is 11.6 Å². The molecule has 13 heavy (non-hydrogen) atoms. The number of hydrogen-bond acceptors (Lipinski definition) is 2. The number of hydrogen-bond donors (Lipinski definition) is 2. The van der Waals surface area contributed by atoms with Crippen molar-refractivity contribution in [3.05, 3.63) is 35.6 Å². The molecule has 0 radical (unpaired) electrons. The Morgan fingerprint density at radius 3 is 2.62 bits per heavy atom. The number of aliphatic hydroxyl groups is 2. The summed E-state index contributed by atoms with van der Waals surface area (Å²) >= 11 is 5.33. The fraction of sp³-hybridized carbons (Fsp3) is 0.333. The molecule has 1 rings (SSSR count). The van der Waals surface area contributed by atoms with Gasteiger partial charge < -0.3 is 10.2 Å². The molecule has 0 saturated heterocycles. The molecular weight excluding hydrogens is 195 g/mol. The minimum Gasteiger partial charge on any atom is -0.389 e. The van der Waals surface area contributed by atoms with Gasteiger partial charge in [0.1, 0.15) is 11.9 Å². The van der Waals surface area contributed by atoms with Crippen LogP contribution in [0.1, 0.15) is 11.7 Å². The molecule has 0 aliphatic heterocycles. The van der Waals surface area contributed by atoms with Gasteiger partial charge in [-0.25, -0.2) is 4.39 Å². The lowest BCUT2D eigenvalue weighted by Crippen LogP contribution is -2.19. The van der Waals surface area contributed by atoms with E-state index in [0.29, 0.717) is 5.56 Å². The molecule has 2 atom stereocenters. The second-order valence-electron chi connectivity index (χ2n) is 2.72. The van der Waals surface area contributed by atoms with Crippen LogP contribution in [0, 0.1) is 5.82 Å². The van der Waals surface area contributed by atoms with Gasteiger partial charge in [0.25, 0.3) is 0 Å². The third kappa shape index (κ3) is 2.66. The Labute approximate surface area is 80.6 Å². The van der Waals surface area contributed by atoms with Gasteiger partial charge in [-0.1, -0.05) is 12.1 Å². The van der Waals surface area contributed by atoms with Gasteiger partial charge in [0.15, 0.2) is 0 Å². The summed E-state index contributed by atoms with van der Waals surface area (Å²) in [6.45, 7) is 0. The Morgan fingerprint density at radius 1 is 1.38 bits per heavy atom. The highest BCUT2D eigenvalue weighted by molar-refractivity contribution is 6.18. The van der Waals surface area contributed by atoms with Gasteiger partial charge >= 0.3 is 0 Å². The summed E-state index contributed by atoms with van der Waals surface area (Å²) in [6, 6.07) is 5.43. The minimum atomic E-state index is -1.13. The zero-order valence-electron chi connectivity index (χ0n) is 6.82. The number of benzene rings is 1. The Bertz CT molecular complexity index is 280. The van der Waals surface area contributed by atoms with Crippen molar-refractivity contribution in [2.24, 2.45) is 0 Å². The smallest absolute Gasteiger partial charge is 0.123 e. The quantitative estimate of drug-likeness (QED) is 0.732. The van der Waals surface area contributed by atoms with Crippen LogP contribution in [-0.4, -0.2) is 22.2 Å². The molecule has 0 amide bonds. The van der Waals surface area contributed by atoms with Crippen LogP contribution in [0.25, 0.3) is 0 Å². The van der Waals surface area contributed by atoms with Crippen molar-refractivity contribution in [2.45, 2.75) is 12.2 Å². The first-order valence-corrected chi connectivity index (χ1v) is 4.36. The van der Waals surface area contributed by atoms with Crippen molar-refractivity contribution in [3.63, 3.8) is 0 Å². The standard InChI is InChI=1S/C9H10ClFO2/c10-5-8(12)9(13)6-2-1-3-7(11)4-6/h1-4,8-9,12-13H,5H2. The van der Waals surface area contributed by atoms with Crippen LogP contribution in [0.2, 0.25) is 0 Å². The van der Waals surface area contributed by atoms with Gasteiger partial charge in [0.05, 0.1) is 12.0 Å². The first-order chi connectivity index (χ1) is 6.15. The molecule has 1 aromatic carbocycles. The van der Waals surface area contributed by atoms with Crippen LogP contribution in [0.5, 0.6) is 0 Å². The van der Waals surface area contributed by atoms with Crippen LogP contribution < -0.4 is 0 Å². The van der Waals surface area contributed by atoms with Crippen molar-refractivity contribution in [1.29, 1.82) is 0 Å². The van der Waals surface area contributed by atoms with Crippen LogP contribution in [0.4, 0.5) is 4.39 Å². The summed E-state index contributed by atoms with van der Waals surface area (Å²) in [4.78, 5) is 0. The lowest BCUT2D eigenvalue weighted by molar-refractivity contribution is 0.0325. The van der Waals surface area contributed by atoms with E-state index < -0.39 is 18.0 Å². The predicted molar refractivity (Wildman–Crippen MR) is 48.1 cm³/mol. The maximum Gasteiger partial charge on any atom is 0.123 e. The van der Waals surface area contributed by atoms with E-state index in [-0.39, 0.29) is 5.88 Å². The van der Waals surface area contributed by atoms with Crippen LogP contribution >= 0.6 is 11.6 Å². The zero-order valence-corrected chi connectivity index (χ0v) is 7.58. The number of alkyl halides is 1. The predicted octanol–water partition coefficient (Wildman–Crippen LogP) is 1.46. The Balaban J connectivity index is 2.82. The zero-order chi connectivity index (χ0) is 9.84. The van der Waals surface area contributed by atoms with E-state index >= 15 is 0 Å². The van der Waals surface area contributed by atoms with Crippen molar-refractivity contribution in [1.82, 2.24) is 0 Å². The minimum absolute atomic E-state index is 0.0856. The molecule has 2 unspecified atom stereocenters. The highest BCUT2D eigenvalue weighted by Crippen LogP contribution is 2.18. The SMILES string of the molecule is OC(CCl)C(O)c1cccc(F)c1. The van der Waals surface area contributed by atoms with E-state index in [2.05, 4.69) is 0 Å². The van der Waals surface area contributed by atoms with Gasteiger partial charge in [0.2, 0.25) is 0 Å². The van der Waals surface area contributed by atoms with E-state index in [4.69, 9.17) is 16.7 Å². The molecule has 0 bridgehead atoms. The van der Waals surface area contributed by atoms with E-state index in [1.165, 1.54) is 24.3 Å². The van der Waals surface area contributed by atoms with E-state index in [1.54, 1.807) is 0 Å². The van der Waals surface area contributed by atoms with Gasteiger partial charge in [-0.3, -0.25) is 0 Å². The van der Waals surface area contributed by atoms with Crippen molar-refractivity contribution in [3.8, 4) is 0 Å². The first-order valence-electron chi connectivity index (χ1n) is 3.82. The number of halogens is 2.